The van der Waals surface area contributed by atoms with Gasteiger partial charge < -0.3 is 15.7 Å². The fourth-order valence-corrected chi connectivity index (χ4v) is 2.04. The van der Waals surface area contributed by atoms with E-state index >= 15 is 0 Å². The van der Waals surface area contributed by atoms with Crippen molar-refractivity contribution in [1.29, 1.82) is 0 Å². The molecular weight excluding hydrogens is 230 g/mol. The number of carboxylic acid groups (broad SMARTS) is 1. The summed E-state index contributed by atoms with van der Waals surface area (Å²) in [4.78, 5) is 16.7. The van der Waals surface area contributed by atoms with E-state index < -0.39 is 5.97 Å². The molecule has 0 bridgehead atoms. The average Bonchev–Trinajstić information content (AvgIpc) is 2.32. The molecule has 94 valence electrons. The van der Waals surface area contributed by atoms with Crippen LogP contribution in [0.1, 0.15) is 5.56 Å². The maximum Gasteiger partial charge on any atom is 0.323 e. The summed E-state index contributed by atoms with van der Waals surface area (Å²) in [5, 5.41) is 10.7. The zero-order valence-electron chi connectivity index (χ0n) is 10.3. The number of nitrogen functional groups attached to an aromatic ring is 1. The van der Waals surface area contributed by atoms with Gasteiger partial charge in [-0.25, -0.2) is 4.98 Å². The molecule has 5 heteroatoms. The molecule has 1 aromatic heterocycles. The first kappa shape index (κ1) is 12.2. The number of benzene rings is 1. The van der Waals surface area contributed by atoms with Gasteiger partial charge in [0.15, 0.2) is 0 Å². The third-order valence-corrected chi connectivity index (χ3v) is 2.88. The predicted molar refractivity (Wildman–Crippen MR) is 71.8 cm³/mol. The number of fused-ring (bicyclic) bond motifs is 1. The fourth-order valence-electron chi connectivity index (χ4n) is 2.04. The van der Waals surface area contributed by atoms with Gasteiger partial charge >= 0.3 is 5.97 Å². The van der Waals surface area contributed by atoms with Gasteiger partial charge in [0.2, 0.25) is 0 Å². The van der Waals surface area contributed by atoms with E-state index in [0.717, 1.165) is 16.3 Å². The van der Waals surface area contributed by atoms with Crippen molar-refractivity contribution in [1.82, 2.24) is 4.98 Å². The minimum absolute atomic E-state index is 0.0969. The summed E-state index contributed by atoms with van der Waals surface area (Å²) in [6.07, 6.45) is 1.64. The number of aliphatic carboxylic acids is 1. The van der Waals surface area contributed by atoms with Crippen LogP contribution >= 0.6 is 0 Å². The highest BCUT2D eigenvalue weighted by atomic mass is 16.4. The van der Waals surface area contributed by atoms with Gasteiger partial charge in [0, 0.05) is 29.7 Å². The van der Waals surface area contributed by atoms with Crippen molar-refractivity contribution in [2.24, 2.45) is 0 Å². The summed E-state index contributed by atoms with van der Waals surface area (Å²) in [6, 6.07) is 5.60. The van der Waals surface area contributed by atoms with Crippen LogP contribution in [0.4, 0.5) is 11.5 Å². The Morgan fingerprint density at radius 3 is 2.83 bits per heavy atom. The second-order valence-electron chi connectivity index (χ2n) is 4.28. The molecule has 2 aromatic rings. The number of aryl methyl sites for hydroxylation is 1. The summed E-state index contributed by atoms with van der Waals surface area (Å²) in [5.74, 6) is -0.252. The number of carbonyl (C=O) groups is 1. The second kappa shape index (κ2) is 4.52. The quantitative estimate of drug-likeness (QED) is 0.804. The van der Waals surface area contributed by atoms with E-state index in [-0.39, 0.29) is 6.54 Å². The van der Waals surface area contributed by atoms with E-state index in [1.165, 1.54) is 0 Å². The highest BCUT2D eigenvalue weighted by Crippen LogP contribution is 2.30. The van der Waals surface area contributed by atoms with Gasteiger partial charge in [-0.1, -0.05) is 6.07 Å². The summed E-state index contributed by atoms with van der Waals surface area (Å²) in [5.41, 5.74) is 7.63. The molecule has 0 amide bonds. The zero-order chi connectivity index (χ0) is 13.3. The van der Waals surface area contributed by atoms with Gasteiger partial charge in [-0.15, -0.1) is 0 Å². The molecule has 1 heterocycles. The Kier molecular flexibility index (Phi) is 3.06. The van der Waals surface area contributed by atoms with E-state index in [4.69, 9.17) is 10.8 Å². The Labute approximate surface area is 105 Å². The Morgan fingerprint density at radius 2 is 2.17 bits per heavy atom. The smallest absolute Gasteiger partial charge is 0.323 e. The van der Waals surface area contributed by atoms with Gasteiger partial charge in [0.25, 0.3) is 0 Å². The van der Waals surface area contributed by atoms with Crippen LogP contribution in [-0.2, 0) is 4.79 Å². The maximum atomic E-state index is 10.8. The first-order valence-corrected chi connectivity index (χ1v) is 5.57. The van der Waals surface area contributed by atoms with Crippen LogP contribution in [0.3, 0.4) is 0 Å². The molecule has 0 radical (unpaired) electrons. The van der Waals surface area contributed by atoms with E-state index in [2.05, 4.69) is 4.98 Å². The third-order valence-electron chi connectivity index (χ3n) is 2.88. The van der Waals surface area contributed by atoms with E-state index in [0.29, 0.717) is 11.5 Å². The topological polar surface area (TPSA) is 79.5 Å². The van der Waals surface area contributed by atoms with Crippen LogP contribution in [0, 0.1) is 6.92 Å². The van der Waals surface area contributed by atoms with Crippen LogP contribution in [0.5, 0.6) is 0 Å². The molecule has 1 aromatic carbocycles. The van der Waals surface area contributed by atoms with E-state index in [1.807, 2.05) is 25.1 Å². The van der Waals surface area contributed by atoms with Crippen LogP contribution in [-0.4, -0.2) is 29.7 Å². The summed E-state index contributed by atoms with van der Waals surface area (Å²) < 4.78 is 0. The lowest BCUT2D eigenvalue weighted by Crippen LogP contribution is -2.26. The molecule has 0 spiro atoms. The first-order valence-electron chi connectivity index (χ1n) is 5.57. The molecule has 0 aliphatic heterocycles. The highest BCUT2D eigenvalue weighted by molar-refractivity contribution is 6.01. The van der Waals surface area contributed by atoms with Crippen molar-refractivity contribution in [2.45, 2.75) is 6.92 Å². The van der Waals surface area contributed by atoms with Gasteiger partial charge in [0.05, 0.1) is 0 Å². The second-order valence-corrected chi connectivity index (χ2v) is 4.28. The van der Waals surface area contributed by atoms with E-state index in [1.54, 1.807) is 18.1 Å². The number of hydrogen-bond donors (Lipinski definition) is 2. The van der Waals surface area contributed by atoms with E-state index in [9.17, 15) is 4.79 Å². The number of nitrogens with zero attached hydrogens (tertiary/aromatic N) is 2. The number of hydrogen-bond acceptors (Lipinski definition) is 4. The minimum atomic E-state index is -0.891. The zero-order valence-corrected chi connectivity index (χ0v) is 10.3. The molecule has 2 rings (SSSR count). The summed E-state index contributed by atoms with van der Waals surface area (Å²) in [7, 11) is 1.71. The Balaban J connectivity index is 2.64. The SMILES string of the molecule is Cc1ccc(N)c2ccnc(N(C)CC(=O)O)c12. The first-order chi connectivity index (χ1) is 8.50. The molecule has 0 aliphatic carbocycles. The number of likely N-dealkylation sites (N-methyl/N-ethyl adjacent to an activating group) is 1. The standard InChI is InChI=1S/C13H15N3O2/c1-8-3-4-10(14)9-5-6-15-13(12(8)9)16(2)7-11(17)18/h3-6H,7,14H2,1-2H3,(H,17,18). The monoisotopic (exact) mass is 245 g/mol. The largest absolute Gasteiger partial charge is 0.480 e. The van der Waals surface area contributed by atoms with Crippen LogP contribution in [0.15, 0.2) is 24.4 Å². The lowest BCUT2D eigenvalue weighted by molar-refractivity contribution is -0.135. The lowest BCUT2D eigenvalue weighted by atomic mass is 10.0. The molecule has 0 aliphatic rings. The predicted octanol–water partition coefficient (Wildman–Crippen LogP) is 1.65. The summed E-state index contributed by atoms with van der Waals surface area (Å²) >= 11 is 0. The van der Waals surface area contributed by atoms with Crippen LogP contribution in [0.2, 0.25) is 0 Å². The Hall–Kier alpha value is -2.30. The number of nitrogens with two attached hydrogens (primary N) is 1. The van der Waals surface area contributed by atoms with Crippen LogP contribution in [0.25, 0.3) is 10.8 Å². The highest BCUT2D eigenvalue weighted by Gasteiger charge is 2.13. The summed E-state index contributed by atoms with van der Waals surface area (Å²) in [6.45, 7) is 1.86. The Bertz CT molecular complexity index is 610. The van der Waals surface area contributed by atoms with Crippen molar-refractivity contribution in [3.05, 3.63) is 30.0 Å². The maximum absolute atomic E-state index is 10.8. The van der Waals surface area contributed by atoms with Crippen molar-refractivity contribution in [3.63, 3.8) is 0 Å². The van der Waals surface area contributed by atoms with Gasteiger partial charge in [-0.05, 0) is 24.6 Å². The number of pyridine rings is 1. The van der Waals surface area contributed by atoms with Crippen LogP contribution < -0.4 is 10.6 Å². The number of rotatable bonds is 3. The van der Waals surface area contributed by atoms with Crippen molar-refractivity contribution >= 4 is 28.2 Å². The fraction of sp³-hybridized carbons (Fsp3) is 0.231. The average molecular weight is 245 g/mol. The molecule has 0 saturated carbocycles. The molecule has 0 saturated heterocycles. The molecule has 0 unspecified atom stereocenters. The molecule has 3 N–H and O–H groups in total. The Morgan fingerprint density at radius 1 is 1.44 bits per heavy atom. The molecular formula is C13H15N3O2. The van der Waals surface area contributed by atoms with Crippen molar-refractivity contribution in [3.8, 4) is 0 Å². The number of anilines is 2. The molecule has 18 heavy (non-hydrogen) atoms. The molecule has 0 fully saturated rings. The van der Waals surface area contributed by atoms with Gasteiger partial charge in [-0.3, -0.25) is 4.79 Å². The lowest BCUT2D eigenvalue weighted by Gasteiger charge is -2.19. The normalized spacial score (nSPS) is 10.6. The minimum Gasteiger partial charge on any atom is -0.480 e. The van der Waals surface area contributed by atoms with Crippen molar-refractivity contribution < 1.29 is 9.90 Å². The number of aromatic nitrogens is 1. The molecule has 0 atom stereocenters. The third kappa shape index (κ3) is 2.07. The van der Waals surface area contributed by atoms with Gasteiger partial charge in [0.1, 0.15) is 12.4 Å². The van der Waals surface area contributed by atoms with Crippen molar-refractivity contribution in [2.75, 3.05) is 24.2 Å². The molecule has 5 nitrogen and oxygen atoms in total. The van der Waals surface area contributed by atoms with Gasteiger partial charge in [-0.2, -0.15) is 0 Å². The number of carboxylic acids is 1.